The molecule has 2 N–H and O–H groups in total. The van der Waals surface area contributed by atoms with E-state index in [0.29, 0.717) is 35.8 Å². The van der Waals surface area contributed by atoms with Gasteiger partial charge in [0.25, 0.3) is 11.9 Å². The number of carbonyl (C=O) groups excluding carboxylic acids is 2. The van der Waals surface area contributed by atoms with Crippen LogP contribution in [-0.2, 0) is 0 Å². The average Bonchev–Trinajstić information content (AvgIpc) is 3.29. The molecule has 27 heavy (non-hydrogen) atoms. The number of aromatic nitrogens is 1. The Bertz CT molecular complexity index is 861. The van der Waals surface area contributed by atoms with E-state index in [2.05, 4.69) is 23.7 Å². The van der Waals surface area contributed by atoms with Gasteiger partial charge in [0.05, 0.1) is 5.56 Å². The third kappa shape index (κ3) is 3.09. The molecule has 8 nitrogen and oxygen atoms in total. The lowest BCUT2D eigenvalue weighted by Crippen LogP contribution is -2.60. The Morgan fingerprint density at radius 3 is 2.41 bits per heavy atom. The Kier molecular flexibility index (Phi) is 4.41. The van der Waals surface area contributed by atoms with Crippen molar-refractivity contribution in [2.45, 2.75) is 38.8 Å². The Morgan fingerprint density at radius 2 is 1.78 bits per heavy atom. The molecular formula is C19H25N5O3. The Morgan fingerprint density at radius 1 is 1.11 bits per heavy atom. The number of primary amides is 1. The zero-order valence-corrected chi connectivity index (χ0v) is 15.7. The van der Waals surface area contributed by atoms with Gasteiger partial charge in [0.2, 0.25) is 0 Å². The van der Waals surface area contributed by atoms with Crippen LogP contribution < -0.4 is 10.6 Å². The summed E-state index contributed by atoms with van der Waals surface area (Å²) in [7, 11) is 0. The summed E-state index contributed by atoms with van der Waals surface area (Å²) in [5.74, 6) is -0.525. The summed E-state index contributed by atoms with van der Waals surface area (Å²) in [5.41, 5.74) is 6.82. The number of hydrogen-bond acceptors (Lipinski definition) is 5. The van der Waals surface area contributed by atoms with Gasteiger partial charge in [-0.1, -0.05) is 6.07 Å². The first-order chi connectivity index (χ1) is 13.0. The van der Waals surface area contributed by atoms with E-state index in [1.807, 2.05) is 9.80 Å². The fraction of sp³-hybridized carbons (Fsp3) is 0.526. The van der Waals surface area contributed by atoms with Gasteiger partial charge < -0.3 is 24.9 Å². The molecule has 2 aromatic rings. The number of carbonyl (C=O) groups is 2. The molecule has 2 aliphatic rings. The Balaban J connectivity index is 1.58. The van der Waals surface area contributed by atoms with Gasteiger partial charge in [-0.2, -0.15) is 4.98 Å². The van der Waals surface area contributed by atoms with E-state index in [9.17, 15) is 9.59 Å². The molecule has 0 unspecified atom stereocenters. The zero-order valence-electron chi connectivity index (χ0n) is 15.7. The highest BCUT2D eigenvalue weighted by Crippen LogP contribution is 2.29. The van der Waals surface area contributed by atoms with Gasteiger partial charge in [0, 0.05) is 38.3 Å². The molecule has 3 heterocycles. The highest BCUT2D eigenvalue weighted by Gasteiger charge is 2.36. The third-order valence-corrected chi connectivity index (χ3v) is 5.46. The number of oxazole rings is 1. The second kappa shape index (κ2) is 6.75. The predicted molar refractivity (Wildman–Crippen MR) is 102 cm³/mol. The second-order valence-electron chi connectivity index (χ2n) is 7.50. The fourth-order valence-corrected chi connectivity index (χ4v) is 4.21. The number of benzene rings is 1. The lowest BCUT2D eigenvalue weighted by molar-refractivity contribution is 0.100. The van der Waals surface area contributed by atoms with Crippen LogP contribution in [0.25, 0.3) is 11.1 Å². The molecule has 0 saturated carbocycles. The van der Waals surface area contributed by atoms with Crippen LogP contribution in [0.5, 0.6) is 0 Å². The lowest BCUT2D eigenvalue weighted by Gasteiger charge is -2.44. The summed E-state index contributed by atoms with van der Waals surface area (Å²) < 4.78 is 5.93. The minimum atomic E-state index is -0.525. The second-order valence-corrected chi connectivity index (χ2v) is 7.50. The summed E-state index contributed by atoms with van der Waals surface area (Å²) in [6.45, 7) is 7.04. The minimum Gasteiger partial charge on any atom is -0.423 e. The number of likely N-dealkylation sites (tertiary alicyclic amines) is 1. The van der Waals surface area contributed by atoms with Gasteiger partial charge in [-0.05, 0) is 38.8 Å². The maximum atomic E-state index is 12.7. The summed E-state index contributed by atoms with van der Waals surface area (Å²) in [4.78, 5) is 34.9. The number of urea groups is 1. The van der Waals surface area contributed by atoms with E-state index in [1.54, 1.807) is 18.2 Å². The molecule has 4 rings (SSSR count). The first-order valence-corrected chi connectivity index (χ1v) is 9.47. The van der Waals surface area contributed by atoms with Crippen molar-refractivity contribution in [1.29, 1.82) is 0 Å². The van der Waals surface area contributed by atoms with Crippen molar-refractivity contribution < 1.29 is 14.0 Å². The standard InChI is InChI=1S/C19H25N5O3/c1-12-10-23(19(26)22-8-3-4-9-22)11-13(2)24(12)18-21-16-14(17(20)25)6-5-7-15(16)27-18/h5-7,12-13H,3-4,8-11H2,1-2H3,(H2,20,25)/t12-,13-/m0/s1. The fourth-order valence-electron chi connectivity index (χ4n) is 4.21. The smallest absolute Gasteiger partial charge is 0.320 e. The molecule has 2 atom stereocenters. The molecule has 0 bridgehead atoms. The average molecular weight is 371 g/mol. The number of rotatable bonds is 2. The summed E-state index contributed by atoms with van der Waals surface area (Å²) in [6.07, 6.45) is 2.17. The molecular weight excluding hydrogens is 346 g/mol. The summed E-state index contributed by atoms with van der Waals surface area (Å²) in [5, 5.41) is 0. The number of amides is 3. The largest absolute Gasteiger partial charge is 0.423 e. The highest BCUT2D eigenvalue weighted by molar-refractivity contribution is 6.03. The quantitative estimate of drug-likeness (QED) is 0.871. The van der Waals surface area contributed by atoms with E-state index in [0.717, 1.165) is 25.9 Å². The van der Waals surface area contributed by atoms with Crippen molar-refractivity contribution in [2.24, 2.45) is 5.73 Å². The molecule has 2 saturated heterocycles. The number of nitrogens with zero attached hydrogens (tertiary/aromatic N) is 4. The molecule has 2 fully saturated rings. The van der Waals surface area contributed by atoms with Crippen molar-refractivity contribution >= 4 is 29.1 Å². The van der Waals surface area contributed by atoms with Crippen molar-refractivity contribution in [1.82, 2.24) is 14.8 Å². The van der Waals surface area contributed by atoms with Crippen molar-refractivity contribution in [2.75, 3.05) is 31.1 Å². The van der Waals surface area contributed by atoms with Crippen LogP contribution in [0.15, 0.2) is 22.6 Å². The number of fused-ring (bicyclic) bond motifs is 1. The maximum Gasteiger partial charge on any atom is 0.320 e. The molecule has 0 aliphatic carbocycles. The summed E-state index contributed by atoms with van der Waals surface area (Å²) in [6, 6.07) is 5.84. The molecule has 8 heteroatoms. The van der Waals surface area contributed by atoms with Crippen LogP contribution in [0.3, 0.4) is 0 Å². The van der Waals surface area contributed by atoms with Gasteiger partial charge >= 0.3 is 6.03 Å². The number of para-hydroxylation sites is 1. The Hall–Kier alpha value is -2.77. The van der Waals surface area contributed by atoms with E-state index in [1.165, 1.54) is 0 Å². The molecule has 144 valence electrons. The van der Waals surface area contributed by atoms with Gasteiger partial charge in [-0.15, -0.1) is 0 Å². The lowest BCUT2D eigenvalue weighted by atomic mass is 10.1. The molecule has 2 aliphatic heterocycles. The first kappa shape index (κ1) is 17.6. The molecule has 3 amide bonds. The third-order valence-electron chi connectivity index (χ3n) is 5.46. The minimum absolute atomic E-state index is 0.0467. The number of piperazine rings is 1. The molecule has 0 radical (unpaired) electrons. The van der Waals surface area contributed by atoms with Crippen molar-refractivity contribution in [3.05, 3.63) is 23.8 Å². The van der Waals surface area contributed by atoms with Gasteiger partial charge in [-0.3, -0.25) is 4.79 Å². The van der Waals surface area contributed by atoms with Crippen molar-refractivity contribution in [3.8, 4) is 0 Å². The van der Waals surface area contributed by atoms with Crippen LogP contribution >= 0.6 is 0 Å². The maximum absolute atomic E-state index is 12.7. The van der Waals surface area contributed by atoms with Crippen LogP contribution in [0.4, 0.5) is 10.8 Å². The Labute approximate surface area is 157 Å². The highest BCUT2D eigenvalue weighted by atomic mass is 16.4. The molecule has 0 spiro atoms. The predicted octanol–water partition coefficient (Wildman–Crippen LogP) is 2.04. The van der Waals surface area contributed by atoms with Gasteiger partial charge in [0.15, 0.2) is 5.58 Å². The van der Waals surface area contributed by atoms with Gasteiger partial charge in [0.1, 0.15) is 5.52 Å². The molecule has 1 aromatic heterocycles. The summed E-state index contributed by atoms with van der Waals surface area (Å²) >= 11 is 0. The monoisotopic (exact) mass is 371 g/mol. The van der Waals surface area contributed by atoms with Crippen LogP contribution in [0.1, 0.15) is 37.0 Å². The van der Waals surface area contributed by atoms with E-state index in [-0.39, 0.29) is 18.1 Å². The van der Waals surface area contributed by atoms with Crippen LogP contribution in [-0.4, -0.2) is 65.0 Å². The zero-order chi connectivity index (χ0) is 19.1. The van der Waals surface area contributed by atoms with E-state index < -0.39 is 5.91 Å². The topological polar surface area (TPSA) is 95.9 Å². The SMILES string of the molecule is C[C@H]1CN(C(=O)N2CCCC2)C[C@H](C)N1c1nc2c(C(N)=O)cccc2o1. The van der Waals surface area contributed by atoms with E-state index in [4.69, 9.17) is 10.2 Å². The first-order valence-electron chi connectivity index (χ1n) is 9.47. The number of nitrogens with two attached hydrogens (primary N) is 1. The normalized spacial score (nSPS) is 23.3. The number of anilines is 1. The van der Waals surface area contributed by atoms with Crippen molar-refractivity contribution in [3.63, 3.8) is 0 Å². The van der Waals surface area contributed by atoms with Crippen LogP contribution in [0.2, 0.25) is 0 Å². The number of hydrogen-bond donors (Lipinski definition) is 1. The van der Waals surface area contributed by atoms with E-state index >= 15 is 0 Å². The molecule has 1 aromatic carbocycles. The van der Waals surface area contributed by atoms with Crippen LogP contribution in [0, 0.1) is 0 Å². The van der Waals surface area contributed by atoms with Gasteiger partial charge in [-0.25, -0.2) is 4.79 Å².